The van der Waals surface area contributed by atoms with E-state index < -0.39 is 9.84 Å². The Balaban J connectivity index is 1.60. The van der Waals surface area contributed by atoms with Gasteiger partial charge in [0.15, 0.2) is 9.84 Å². The van der Waals surface area contributed by atoms with Gasteiger partial charge in [-0.3, -0.25) is 0 Å². The Morgan fingerprint density at radius 3 is 2.38 bits per heavy atom. The van der Waals surface area contributed by atoms with Crippen molar-refractivity contribution in [2.45, 2.75) is 55.1 Å². The number of hydrogen-bond acceptors (Lipinski definition) is 4. The van der Waals surface area contributed by atoms with Gasteiger partial charge in [-0.25, -0.2) is 8.42 Å². The van der Waals surface area contributed by atoms with Crippen molar-refractivity contribution < 1.29 is 13.2 Å². The molecule has 5 heteroatoms. The van der Waals surface area contributed by atoms with Crippen LogP contribution in [0.3, 0.4) is 0 Å². The van der Waals surface area contributed by atoms with E-state index in [0.29, 0.717) is 4.90 Å². The van der Waals surface area contributed by atoms with Gasteiger partial charge in [0.05, 0.1) is 4.90 Å². The standard InChI is InChI=1S/C16H23NO3S/c1-21(18,19)15-7-5-14(6-8-15)20-16(9-2-10-16)11-12-17-13-3-4-13/h5-8,13,17H,2-4,9-12H2,1H3. The lowest BCUT2D eigenvalue weighted by atomic mass is 9.77. The predicted octanol–water partition coefficient (Wildman–Crippen LogP) is 2.53. The summed E-state index contributed by atoms with van der Waals surface area (Å²) in [5, 5.41) is 3.54. The quantitative estimate of drug-likeness (QED) is 0.841. The number of sulfone groups is 1. The zero-order chi connectivity index (χ0) is 14.9. The SMILES string of the molecule is CS(=O)(=O)c1ccc(OC2(CCNC3CC3)CCC2)cc1. The van der Waals surface area contributed by atoms with Crippen LogP contribution in [0.4, 0.5) is 0 Å². The van der Waals surface area contributed by atoms with Crippen molar-refractivity contribution in [3.05, 3.63) is 24.3 Å². The van der Waals surface area contributed by atoms with Crippen molar-refractivity contribution in [3.63, 3.8) is 0 Å². The lowest BCUT2D eigenvalue weighted by molar-refractivity contribution is -0.0143. The summed E-state index contributed by atoms with van der Waals surface area (Å²) in [5.41, 5.74) is -0.0471. The Hall–Kier alpha value is -1.07. The van der Waals surface area contributed by atoms with E-state index in [2.05, 4.69) is 5.32 Å². The molecule has 2 fully saturated rings. The van der Waals surface area contributed by atoms with E-state index in [1.165, 1.54) is 25.5 Å². The molecular weight excluding hydrogens is 286 g/mol. The van der Waals surface area contributed by atoms with E-state index in [1.807, 2.05) is 0 Å². The van der Waals surface area contributed by atoms with Gasteiger partial charge in [0.1, 0.15) is 11.4 Å². The first-order valence-electron chi connectivity index (χ1n) is 7.69. The Kier molecular flexibility index (Phi) is 3.97. The minimum Gasteiger partial charge on any atom is -0.487 e. The van der Waals surface area contributed by atoms with Crippen LogP contribution in [0.25, 0.3) is 0 Å². The van der Waals surface area contributed by atoms with Gasteiger partial charge in [0, 0.05) is 12.3 Å². The van der Waals surface area contributed by atoms with Gasteiger partial charge in [0.25, 0.3) is 0 Å². The minimum atomic E-state index is -3.14. The van der Waals surface area contributed by atoms with Gasteiger partial charge in [-0.15, -0.1) is 0 Å². The second-order valence-corrected chi connectivity index (χ2v) is 8.38. The van der Waals surface area contributed by atoms with E-state index >= 15 is 0 Å². The van der Waals surface area contributed by atoms with Crippen molar-refractivity contribution >= 4 is 9.84 Å². The Bertz CT molecular complexity index is 586. The minimum absolute atomic E-state index is 0.0471. The normalized spacial score (nSPS) is 20.8. The molecule has 1 N–H and O–H groups in total. The second-order valence-electron chi connectivity index (χ2n) is 6.36. The van der Waals surface area contributed by atoms with Crippen molar-refractivity contribution in [1.29, 1.82) is 0 Å². The zero-order valence-electron chi connectivity index (χ0n) is 12.5. The third-order valence-corrected chi connectivity index (χ3v) is 5.57. The molecule has 1 aromatic carbocycles. The number of rotatable bonds is 7. The van der Waals surface area contributed by atoms with Crippen LogP contribution in [-0.2, 0) is 9.84 Å². The van der Waals surface area contributed by atoms with Crippen molar-refractivity contribution in [3.8, 4) is 5.75 Å². The maximum absolute atomic E-state index is 11.5. The smallest absolute Gasteiger partial charge is 0.175 e. The molecule has 2 aliphatic carbocycles. The number of ether oxygens (including phenoxy) is 1. The molecule has 0 heterocycles. The van der Waals surface area contributed by atoms with E-state index in [1.54, 1.807) is 24.3 Å². The third-order valence-electron chi connectivity index (χ3n) is 4.44. The molecule has 2 aliphatic rings. The molecular formula is C16H23NO3S. The van der Waals surface area contributed by atoms with Crippen LogP contribution >= 0.6 is 0 Å². The largest absolute Gasteiger partial charge is 0.487 e. The van der Waals surface area contributed by atoms with Gasteiger partial charge in [-0.2, -0.15) is 0 Å². The highest BCUT2D eigenvalue weighted by Crippen LogP contribution is 2.39. The number of nitrogens with one attached hydrogen (secondary N) is 1. The molecule has 2 saturated carbocycles. The fourth-order valence-electron chi connectivity index (χ4n) is 2.77. The molecule has 0 unspecified atom stereocenters. The number of benzene rings is 1. The second kappa shape index (κ2) is 5.61. The highest BCUT2D eigenvalue weighted by molar-refractivity contribution is 7.90. The van der Waals surface area contributed by atoms with Crippen LogP contribution < -0.4 is 10.1 Å². The topological polar surface area (TPSA) is 55.4 Å². The molecule has 0 aromatic heterocycles. The summed E-state index contributed by atoms with van der Waals surface area (Å²) >= 11 is 0. The van der Waals surface area contributed by atoms with E-state index in [0.717, 1.165) is 37.6 Å². The predicted molar refractivity (Wildman–Crippen MR) is 82.4 cm³/mol. The molecule has 0 amide bonds. The molecule has 21 heavy (non-hydrogen) atoms. The van der Waals surface area contributed by atoms with Crippen LogP contribution in [0.1, 0.15) is 38.5 Å². The Labute approximate surface area is 126 Å². The molecule has 116 valence electrons. The molecule has 0 spiro atoms. The maximum atomic E-state index is 11.5. The summed E-state index contributed by atoms with van der Waals surface area (Å²) in [4.78, 5) is 0.341. The first-order chi connectivity index (χ1) is 9.97. The van der Waals surface area contributed by atoms with E-state index in [9.17, 15) is 8.42 Å². The van der Waals surface area contributed by atoms with Gasteiger partial charge >= 0.3 is 0 Å². The fraction of sp³-hybridized carbons (Fsp3) is 0.625. The first kappa shape index (κ1) is 14.9. The molecule has 1 aromatic rings. The number of hydrogen-bond donors (Lipinski definition) is 1. The molecule has 0 radical (unpaired) electrons. The maximum Gasteiger partial charge on any atom is 0.175 e. The highest BCUT2D eigenvalue weighted by atomic mass is 32.2. The van der Waals surface area contributed by atoms with Gasteiger partial charge in [0.2, 0.25) is 0 Å². The van der Waals surface area contributed by atoms with Crippen LogP contribution in [0.2, 0.25) is 0 Å². The molecule has 0 atom stereocenters. The van der Waals surface area contributed by atoms with Crippen molar-refractivity contribution in [2.24, 2.45) is 0 Å². The van der Waals surface area contributed by atoms with Crippen LogP contribution in [0.5, 0.6) is 5.75 Å². The summed E-state index contributed by atoms with van der Waals surface area (Å²) in [6.45, 7) is 1.01. The Morgan fingerprint density at radius 2 is 1.90 bits per heavy atom. The van der Waals surface area contributed by atoms with Crippen molar-refractivity contribution in [1.82, 2.24) is 5.32 Å². The van der Waals surface area contributed by atoms with Crippen LogP contribution in [0.15, 0.2) is 29.2 Å². The first-order valence-corrected chi connectivity index (χ1v) is 9.59. The molecule has 4 nitrogen and oxygen atoms in total. The zero-order valence-corrected chi connectivity index (χ0v) is 13.3. The van der Waals surface area contributed by atoms with Crippen molar-refractivity contribution in [2.75, 3.05) is 12.8 Å². The lowest BCUT2D eigenvalue weighted by Gasteiger charge is -2.42. The van der Waals surface area contributed by atoms with Crippen LogP contribution in [-0.4, -0.2) is 32.9 Å². The average Bonchev–Trinajstić information content (AvgIpc) is 3.19. The highest BCUT2D eigenvalue weighted by Gasteiger charge is 2.39. The van der Waals surface area contributed by atoms with Gasteiger partial charge in [-0.1, -0.05) is 0 Å². The monoisotopic (exact) mass is 309 g/mol. The van der Waals surface area contributed by atoms with E-state index in [-0.39, 0.29) is 5.60 Å². The average molecular weight is 309 g/mol. The third kappa shape index (κ3) is 3.77. The molecule has 0 aliphatic heterocycles. The summed E-state index contributed by atoms with van der Waals surface area (Å²) < 4.78 is 29.1. The summed E-state index contributed by atoms with van der Waals surface area (Å²) in [6, 6.07) is 7.52. The lowest BCUT2D eigenvalue weighted by Crippen LogP contribution is -2.45. The molecule has 3 rings (SSSR count). The van der Waals surface area contributed by atoms with Gasteiger partial charge < -0.3 is 10.1 Å². The summed E-state index contributed by atoms with van der Waals surface area (Å²) in [6.07, 6.45) is 8.25. The summed E-state index contributed by atoms with van der Waals surface area (Å²) in [5.74, 6) is 0.772. The van der Waals surface area contributed by atoms with E-state index in [4.69, 9.17) is 4.74 Å². The van der Waals surface area contributed by atoms with Crippen LogP contribution in [0, 0.1) is 0 Å². The van der Waals surface area contributed by atoms with Gasteiger partial charge in [-0.05, 0) is 69.3 Å². The molecule has 0 saturated heterocycles. The molecule has 0 bridgehead atoms. The fourth-order valence-corrected chi connectivity index (χ4v) is 3.40. The Morgan fingerprint density at radius 1 is 1.24 bits per heavy atom. The summed E-state index contributed by atoms with van der Waals surface area (Å²) in [7, 11) is -3.14.